The highest BCUT2D eigenvalue weighted by Crippen LogP contribution is 2.36. The number of hydrogen-bond acceptors (Lipinski definition) is 4. The van der Waals surface area contributed by atoms with Gasteiger partial charge in [-0.1, -0.05) is 32.3 Å². The summed E-state index contributed by atoms with van der Waals surface area (Å²) in [6, 6.07) is 0. The summed E-state index contributed by atoms with van der Waals surface area (Å²) in [4.78, 5) is 0. The van der Waals surface area contributed by atoms with E-state index in [1.54, 1.807) is 0 Å². The van der Waals surface area contributed by atoms with E-state index in [-0.39, 0.29) is 0 Å². The van der Waals surface area contributed by atoms with Crippen LogP contribution in [-0.4, -0.2) is 16.3 Å². The van der Waals surface area contributed by atoms with E-state index in [1.807, 2.05) is 0 Å². The number of aromatic nitrogens is 2. The van der Waals surface area contributed by atoms with E-state index >= 15 is 0 Å². The van der Waals surface area contributed by atoms with Gasteiger partial charge in [-0.25, -0.2) is 0 Å². The second-order valence-electron chi connectivity index (χ2n) is 5.30. The van der Waals surface area contributed by atoms with Gasteiger partial charge in [-0.3, -0.25) is 0 Å². The number of halogens is 1. The lowest BCUT2D eigenvalue weighted by molar-refractivity contribution is 0.0453. The molecule has 17 heavy (non-hydrogen) atoms. The minimum Gasteiger partial charge on any atom is -0.465 e. The van der Waals surface area contributed by atoms with Crippen molar-refractivity contribution in [2.45, 2.75) is 46.1 Å². The number of hydrogen-bond donors (Lipinski definition) is 0. The summed E-state index contributed by atoms with van der Waals surface area (Å²) in [6.45, 7) is 6.88. The maximum atomic E-state index is 6.04. The Morgan fingerprint density at radius 1 is 1.35 bits per heavy atom. The quantitative estimate of drug-likeness (QED) is 0.840. The van der Waals surface area contributed by atoms with Crippen molar-refractivity contribution in [1.82, 2.24) is 10.2 Å². The largest absolute Gasteiger partial charge is 0.465 e. The zero-order valence-electron chi connectivity index (χ0n) is 10.5. The predicted octanol–water partition coefficient (Wildman–Crippen LogP) is 4.14. The van der Waals surface area contributed by atoms with Crippen molar-refractivity contribution >= 4 is 27.3 Å². The Morgan fingerprint density at radius 3 is 2.71 bits per heavy atom. The Balaban J connectivity index is 2.04. The van der Waals surface area contributed by atoms with Crippen molar-refractivity contribution in [1.29, 1.82) is 0 Å². The van der Waals surface area contributed by atoms with Crippen LogP contribution in [0.25, 0.3) is 0 Å². The van der Waals surface area contributed by atoms with E-state index in [4.69, 9.17) is 4.74 Å². The number of ether oxygens (including phenoxy) is 1. The third-order valence-corrected chi connectivity index (χ3v) is 4.84. The molecular weight excluding hydrogens is 300 g/mol. The van der Waals surface area contributed by atoms with Crippen LogP contribution in [-0.2, 0) is 0 Å². The molecule has 96 valence electrons. The van der Waals surface area contributed by atoms with Crippen LogP contribution in [0.2, 0.25) is 0 Å². The van der Waals surface area contributed by atoms with Crippen LogP contribution in [0.5, 0.6) is 5.19 Å². The average Bonchev–Trinajstić information content (AvgIpc) is 2.63. The predicted molar refractivity (Wildman–Crippen MR) is 73.4 cm³/mol. The van der Waals surface area contributed by atoms with E-state index in [9.17, 15) is 0 Å². The molecule has 0 aliphatic heterocycles. The Hall–Kier alpha value is -0.160. The average molecular weight is 319 g/mol. The smallest absolute Gasteiger partial charge is 0.295 e. The Kier molecular flexibility index (Phi) is 4.42. The summed E-state index contributed by atoms with van der Waals surface area (Å²) < 4.78 is 6.82. The topological polar surface area (TPSA) is 35.0 Å². The summed E-state index contributed by atoms with van der Waals surface area (Å²) in [6.07, 6.45) is 4.03. The molecule has 1 heterocycles. The van der Waals surface area contributed by atoms with Gasteiger partial charge < -0.3 is 4.74 Å². The number of rotatable bonds is 3. The molecular formula is C12H19BrN2OS. The standard InChI is InChI=1S/C12H19BrN2OS/c1-7(2)9-5-4-8(3)6-10(9)16-12-15-14-11(13)17-12/h7-10H,4-6H2,1-3H3. The first kappa shape index (κ1) is 13.3. The lowest BCUT2D eigenvalue weighted by Gasteiger charge is -2.36. The van der Waals surface area contributed by atoms with E-state index in [1.165, 1.54) is 24.2 Å². The molecule has 2 rings (SSSR count). The first-order chi connectivity index (χ1) is 8.06. The van der Waals surface area contributed by atoms with Gasteiger partial charge in [-0.05, 0) is 57.9 Å². The highest BCUT2D eigenvalue weighted by molar-refractivity contribution is 9.11. The minimum atomic E-state index is 0.304. The molecule has 3 unspecified atom stereocenters. The van der Waals surface area contributed by atoms with Crippen molar-refractivity contribution < 1.29 is 4.74 Å². The van der Waals surface area contributed by atoms with Gasteiger partial charge >= 0.3 is 0 Å². The molecule has 5 heteroatoms. The molecule has 0 bridgehead atoms. The zero-order chi connectivity index (χ0) is 12.4. The molecule has 1 saturated carbocycles. The van der Waals surface area contributed by atoms with Gasteiger partial charge in [0.15, 0.2) is 3.92 Å². The molecule has 1 aromatic heterocycles. The minimum absolute atomic E-state index is 0.304. The van der Waals surface area contributed by atoms with Crippen LogP contribution < -0.4 is 4.74 Å². The van der Waals surface area contributed by atoms with Crippen molar-refractivity contribution in [3.05, 3.63) is 3.92 Å². The van der Waals surface area contributed by atoms with Crippen LogP contribution in [0.15, 0.2) is 3.92 Å². The highest BCUT2D eigenvalue weighted by Gasteiger charge is 2.32. The van der Waals surface area contributed by atoms with Gasteiger partial charge in [0, 0.05) is 0 Å². The highest BCUT2D eigenvalue weighted by atomic mass is 79.9. The van der Waals surface area contributed by atoms with Crippen molar-refractivity contribution in [3.8, 4) is 5.19 Å². The summed E-state index contributed by atoms with van der Waals surface area (Å²) in [5, 5.41) is 8.66. The Bertz CT molecular complexity index is 369. The van der Waals surface area contributed by atoms with E-state index in [2.05, 4.69) is 46.9 Å². The fourth-order valence-corrected chi connectivity index (χ4v) is 3.59. The Morgan fingerprint density at radius 2 is 2.12 bits per heavy atom. The molecule has 1 aromatic rings. The third-order valence-electron chi connectivity index (χ3n) is 3.60. The van der Waals surface area contributed by atoms with Crippen LogP contribution in [0.4, 0.5) is 0 Å². The van der Waals surface area contributed by atoms with Gasteiger partial charge in [0.05, 0.1) is 0 Å². The monoisotopic (exact) mass is 318 g/mol. The van der Waals surface area contributed by atoms with Crippen molar-refractivity contribution in [3.63, 3.8) is 0 Å². The van der Waals surface area contributed by atoms with E-state index in [0.717, 1.165) is 16.3 Å². The Labute approximate surface area is 115 Å². The molecule has 3 atom stereocenters. The second-order valence-corrected chi connectivity index (χ2v) is 7.52. The molecule has 0 radical (unpaired) electrons. The first-order valence-corrected chi connectivity index (χ1v) is 7.83. The van der Waals surface area contributed by atoms with E-state index in [0.29, 0.717) is 23.1 Å². The summed E-state index contributed by atoms with van der Waals surface area (Å²) in [5.74, 6) is 2.07. The summed E-state index contributed by atoms with van der Waals surface area (Å²) in [7, 11) is 0. The van der Waals surface area contributed by atoms with Gasteiger partial charge in [0.2, 0.25) is 0 Å². The van der Waals surface area contributed by atoms with Gasteiger partial charge in [-0.2, -0.15) is 0 Å². The van der Waals surface area contributed by atoms with E-state index < -0.39 is 0 Å². The molecule has 0 spiro atoms. The van der Waals surface area contributed by atoms with Gasteiger partial charge in [0.25, 0.3) is 5.19 Å². The molecule has 0 saturated heterocycles. The molecule has 0 aromatic carbocycles. The number of nitrogens with zero attached hydrogens (tertiary/aromatic N) is 2. The molecule has 1 fully saturated rings. The summed E-state index contributed by atoms with van der Waals surface area (Å²) in [5.41, 5.74) is 0. The van der Waals surface area contributed by atoms with Crippen molar-refractivity contribution in [2.24, 2.45) is 17.8 Å². The third kappa shape index (κ3) is 3.41. The fourth-order valence-electron chi connectivity index (χ4n) is 2.62. The van der Waals surface area contributed by atoms with Crippen LogP contribution >= 0.6 is 27.3 Å². The molecule has 0 N–H and O–H groups in total. The molecule has 1 aliphatic rings. The lowest BCUT2D eigenvalue weighted by Crippen LogP contribution is -2.36. The molecule has 1 aliphatic carbocycles. The zero-order valence-corrected chi connectivity index (χ0v) is 12.9. The fraction of sp³-hybridized carbons (Fsp3) is 0.833. The maximum Gasteiger partial charge on any atom is 0.295 e. The van der Waals surface area contributed by atoms with Crippen LogP contribution in [0.1, 0.15) is 40.0 Å². The molecule has 3 nitrogen and oxygen atoms in total. The van der Waals surface area contributed by atoms with Crippen molar-refractivity contribution in [2.75, 3.05) is 0 Å². The first-order valence-electron chi connectivity index (χ1n) is 6.22. The SMILES string of the molecule is CC1CCC(C(C)C)C(Oc2nnc(Br)s2)C1. The van der Waals surface area contributed by atoms with Crippen LogP contribution in [0.3, 0.4) is 0 Å². The second kappa shape index (κ2) is 5.65. The van der Waals surface area contributed by atoms with Crippen LogP contribution in [0, 0.1) is 17.8 Å². The summed E-state index contributed by atoms with van der Waals surface area (Å²) >= 11 is 4.79. The van der Waals surface area contributed by atoms with Gasteiger partial charge in [-0.15, -0.1) is 5.10 Å². The lowest BCUT2D eigenvalue weighted by atomic mass is 9.75. The normalized spacial score (nSPS) is 29.6. The van der Waals surface area contributed by atoms with Gasteiger partial charge in [0.1, 0.15) is 6.10 Å². The molecule has 0 amide bonds. The maximum absolute atomic E-state index is 6.04.